The fourth-order valence-electron chi connectivity index (χ4n) is 1.98. The average molecular weight is 186 g/mol. The van der Waals surface area contributed by atoms with E-state index in [1.54, 1.807) is 11.0 Å². The second-order valence-corrected chi connectivity index (χ2v) is 3.56. The number of hydrogen-bond donors (Lipinski definition) is 0. The van der Waals surface area contributed by atoms with Gasteiger partial charge in [-0.1, -0.05) is 6.07 Å². The molecule has 1 heterocycles. The first kappa shape index (κ1) is 7.67. The first-order chi connectivity index (χ1) is 6.93. The molecular weight excluding hydrogens is 176 g/mol. The second kappa shape index (κ2) is 2.90. The number of rotatable bonds is 1. The van der Waals surface area contributed by atoms with E-state index in [4.69, 9.17) is 0 Å². The Hall–Kier alpha value is -1.71. The summed E-state index contributed by atoms with van der Waals surface area (Å²) in [6, 6.07) is 6.43. The third-order valence-electron chi connectivity index (χ3n) is 2.70. The van der Waals surface area contributed by atoms with Crippen LogP contribution in [0.2, 0.25) is 0 Å². The lowest BCUT2D eigenvalue weighted by molar-refractivity contribution is 0.788. The lowest BCUT2D eigenvalue weighted by Crippen LogP contribution is -1.96. The number of nitrogens with zero attached hydrogens (tertiary/aromatic N) is 4. The molecule has 3 rings (SSSR count). The van der Waals surface area contributed by atoms with Gasteiger partial charge in [0.25, 0.3) is 0 Å². The summed E-state index contributed by atoms with van der Waals surface area (Å²) in [5.74, 6) is 0. The van der Waals surface area contributed by atoms with Crippen LogP contribution in [0.15, 0.2) is 24.5 Å². The summed E-state index contributed by atoms with van der Waals surface area (Å²) in [5.41, 5.74) is 3.97. The summed E-state index contributed by atoms with van der Waals surface area (Å²) in [6.45, 7) is 0. The zero-order chi connectivity index (χ0) is 9.38. The Balaban J connectivity index is 2.09. The molecule has 0 spiro atoms. The molecule has 1 aromatic heterocycles. The molecule has 0 aliphatic heterocycles. The molecule has 4 heteroatoms. The Labute approximate surface area is 81.6 Å². The number of aryl methyl sites for hydroxylation is 2. The Kier molecular flexibility index (Phi) is 1.59. The number of fused-ring (bicyclic) bond motifs is 1. The van der Waals surface area contributed by atoms with E-state index < -0.39 is 0 Å². The van der Waals surface area contributed by atoms with Gasteiger partial charge in [-0.15, -0.1) is 5.10 Å². The number of benzene rings is 1. The monoisotopic (exact) mass is 186 g/mol. The van der Waals surface area contributed by atoms with Gasteiger partial charge < -0.3 is 0 Å². The van der Waals surface area contributed by atoms with Crippen molar-refractivity contribution in [3.05, 3.63) is 35.7 Å². The van der Waals surface area contributed by atoms with Gasteiger partial charge in [0.1, 0.15) is 6.33 Å². The molecular formula is C10H10N4. The van der Waals surface area contributed by atoms with Crippen molar-refractivity contribution in [2.24, 2.45) is 0 Å². The van der Waals surface area contributed by atoms with Gasteiger partial charge in [-0.3, -0.25) is 0 Å². The first-order valence-corrected chi connectivity index (χ1v) is 4.79. The van der Waals surface area contributed by atoms with Crippen molar-refractivity contribution in [3.8, 4) is 5.69 Å². The van der Waals surface area contributed by atoms with Gasteiger partial charge in [0.15, 0.2) is 0 Å². The van der Waals surface area contributed by atoms with Crippen molar-refractivity contribution in [1.82, 2.24) is 20.2 Å². The summed E-state index contributed by atoms with van der Waals surface area (Å²) in [4.78, 5) is 0. The van der Waals surface area contributed by atoms with Crippen LogP contribution < -0.4 is 0 Å². The van der Waals surface area contributed by atoms with Gasteiger partial charge in [-0.2, -0.15) is 0 Å². The molecule has 0 atom stereocenters. The normalized spacial score (nSPS) is 14.3. The SMILES string of the molecule is c1cc2c(cc1-n1cnnn1)CCC2. The van der Waals surface area contributed by atoms with Crippen LogP contribution in [0.4, 0.5) is 0 Å². The van der Waals surface area contributed by atoms with Crippen LogP contribution in [0.3, 0.4) is 0 Å². The Morgan fingerprint density at radius 1 is 1.14 bits per heavy atom. The van der Waals surface area contributed by atoms with Crippen LogP contribution in [0.1, 0.15) is 17.5 Å². The Morgan fingerprint density at radius 3 is 2.93 bits per heavy atom. The molecule has 0 bridgehead atoms. The summed E-state index contributed by atoms with van der Waals surface area (Å²) in [7, 11) is 0. The topological polar surface area (TPSA) is 43.6 Å². The quantitative estimate of drug-likeness (QED) is 0.671. The highest BCUT2D eigenvalue weighted by Crippen LogP contribution is 2.23. The van der Waals surface area contributed by atoms with Crippen molar-refractivity contribution in [2.75, 3.05) is 0 Å². The van der Waals surface area contributed by atoms with Crippen molar-refractivity contribution >= 4 is 0 Å². The van der Waals surface area contributed by atoms with E-state index in [0.29, 0.717) is 0 Å². The standard InChI is InChI=1S/C10H10N4/c1-2-8-4-5-10(6-9(8)3-1)14-7-11-12-13-14/h4-7H,1-3H2. The minimum absolute atomic E-state index is 1.05. The molecule has 0 fully saturated rings. The Bertz CT molecular complexity index is 447. The molecule has 0 unspecified atom stereocenters. The average Bonchev–Trinajstić information content (AvgIpc) is 2.88. The lowest BCUT2D eigenvalue weighted by atomic mass is 10.1. The van der Waals surface area contributed by atoms with Crippen LogP contribution in [0, 0.1) is 0 Å². The molecule has 70 valence electrons. The van der Waals surface area contributed by atoms with E-state index in [-0.39, 0.29) is 0 Å². The summed E-state index contributed by atoms with van der Waals surface area (Å²) in [6.07, 6.45) is 5.29. The summed E-state index contributed by atoms with van der Waals surface area (Å²) in [5, 5.41) is 11.1. The third-order valence-corrected chi connectivity index (χ3v) is 2.70. The van der Waals surface area contributed by atoms with Gasteiger partial charge in [0, 0.05) is 0 Å². The van der Waals surface area contributed by atoms with Crippen LogP contribution in [-0.2, 0) is 12.8 Å². The van der Waals surface area contributed by atoms with Crippen molar-refractivity contribution in [2.45, 2.75) is 19.3 Å². The predicted molar refractivity (Wildman–Crippen MR) is 51.2 cm³/mol. The van der Waals surface area contributed by atoms with E-state index in [1.165, 1.54) is 30.4 Å². The van der Waals surface area contributed by atoms with Crippen molar-refractivity contribution < 1.29 is 0 Å². The van der Waals surface area contributed by atoms with E-state index in [1.807, 2.05) is 0 Å². The first-order valence-electron chi connectivity index (χ1n) is 4.79. The predicted octanol–water partition coefficient (Wildman–Crippen LogP) is 1.15. The number of aromatic nitrogens is 4. The van der Waals surface area contributed by atoms with Crippen molar-refractivity contribution in [1.29, 1.82) is 0 Å². The second-order valence-electron chi connectivity index (χ2n) is 3.56. The molecule has 4 nitrogen and oxygen atoms in total. The number of tetrazole rings is 1. The zero-order valence-corrected chi connectivity index (χ0v) is 7.72. The zero-order valence-electron chi connectivity index (χ0n) is 7.72. The highest BCUT2D eigenvalue weighted by atomic mass is 15.5. The maximum atomic E-state index is 3.87. The Morgan fingerprint density at radius 2 is 2.07 bits per heavy atom. The molecule has 1 aliphatic rings. The van der Waals surface area contributed by atoms with Crippen LogP contribution in [-0.4, -0.2) is 20.2 Å². The maximum Gasteiger partial charge on any atom is 0.143 e. The summed E-state index contributed by atoms with van der Waals surface area (Å²) >= 11 is 0. The van der Waals surface area contributed by atoms with E-state index >= 15 is 0 Å². The molecule has 14 heavy (non-hydrogen) atoms. The molecule has 1 aromatic carbocycles. The fraction of sp³-hybridized carbons (Fsp3) is 0.300. The molecule has 0 N–H and O–H groups in total. The number of hydrogen-bond acceptors (Lipinski definition) is 3. The molecule has 0 radical (unpaired) electrons. The minimum Gasteiger partial charge on any atom is -0.201 e. The van der Waals surface area contributed by atoms with Crippen LogP contribution in [0.25, 0.3) is 5.69 Å². The largest absolute Gasteiger partial charge is 0.201 e. The van der Waals surface area contributed by atoms with Gasteiger partial charge in [-0.05, 0) is 52.9 Å². The fourth-order valence-corrected chi connectivity index (χ4v) is 1.98. The smallest absolute Gasteiger partial charge is 0.143 e. The van der Waals surface area contributed by atoms with Gasteiger partial charge in [-0.25, -0.2) is 4.68 Å². The molecule has 0 amide bonds. The van der Waals surface area contributed by atoms with Crippen molar-refractivity contribution in [3.63, 3.8) is 0 Å². The minimum atomic E-state index is 1.05. The highest BCUT2D eigenvalue weighted by molar-refractivity contribution is 5.41. The molecule has 0 saturated heterocycles. The van der Waals surface area contributed by atoms with Gasteiger partial charge in [0.05, 0.1) is 5.69 Å². The molecule has 0 saturated carbocycles. The van der Waals surface area contributed by atoms with E-state index in [2.05, 4.69) is 33.7 Å². The highest BCUT2D eigenvalue weighted by Gasteiger charge is 2.11. The van der Waals surface area contributed by atoms with Gasteiger partial charge >= 0.3 is 0 Å². The van der Waals surface area contributed by atoms with Gasteiger partial charge in [0.2, 0.25) is 0 Å². The van der Waals surface area contributed by atoms with Crippen LogP contribution >= 0.6 is 0 Å². The molecule has 2 aromatic rings. The maximum absolute atomic E-state index is 3.87. The van der Waals surface area contributed by atoms with E-state index in [0.717, 1.165) is 5.69 Å². The third kappa shape index (κ3) is 1.11. The molecule has 1 aliphatic carbocycles. The lowest BCUT2D eigenvalue weighted by Gasteiger charge is -2.02. The van der Waals surface area contributed by atoms with Crippen LogP contribution in [0.5, 0.6) is 0 Å². The summed E-state index contributed by atoms with van der Waals surface area (Å²) < 4.78 is 1.69. The van der Waals surface area contributed by atoms with E-state index in [9.17, 15) is 0 Å².